The van der Waals surface area contributed by atoms with Crippen molar-refractivity contribution in [1.29, 1.82) is 5.26 Å². The Balaban J connectivity index is 2.09. The lowest BCUT2D eigenvalue weighted by atomic mass is 10.2. The Morgan fingerprint density at radius 1 is 1.56 bits per heavy atom. The molecule has 2 heterocycles. The molecule has 0 saturated carbocycles. The lowest BCUT2D eigenvalue weighted by molar-refractivity contribution is 0.339. The average Bonchev–Trinajstić information content (AvgIpc) is 3.00. The number of hydrogen-bond acceptors (Lipinski definition) is 4. The van der Waals surface area contributed by atoms with Gasteiger partial charge in [-0.1, -0.05) is 0 Å². The van der Waals surface area contributed by atoms with Gasteiger partial charge >= 0.3 is 0 Å². The van der Waals surface area contributed by atoms with Crippen molar-refractivity contribution in [1.82, 2.24) is 4.31 Å². The molecule has 0 bridgehead atoms. The molecule has 6 heteroatoms. The molecule has 1 aliphatic heterocycles. The standard InChI is InChI=1S/C12H16N2O3S/c13-7-1-2-10-18(15,16)14-8-3-5-11(14)12-6-4-9-17-12/h4,6,9,11H,1-3,5,8,10H2. The van der Waals surface area contributed by atoms with Crippen LogP contribution in [-0.4, -0.2) is 25.0 Å². The van der Waals surface area contributed by atoms with Crippen molar-refractivity contribution in [2.45, 2.75) is 31.7 Å². The molecule has 0 aromatic carbocycles. The lowest BCUT2D eigenvalue weighted by Crippen LogP contribution is -2.32. The quantitative estimate of drug-likeness (QED) is 0.766. The normalized spacial score (nSPS) is 20.9. The molecule has 0 radical (unpaired) electrons. The van der Waals surface area contributed by atoms with Crippen molar-refractivity contribution in [3.05, 3.63) is 24.2 Å². The van der Waals surface area contributed by atoms with E-state index in [2.05, 4.69) is 0 Å². The van der Waals surface area contributed by atoms with Crippen LogP contribution in [0, 0.1) is 11.3 Å². The van der Waals surface area contributed by atoms with Gasteiger partial charge in [0.1, 0.15) is 5.76 Å². The van der Waals surface area contributed by atoms with E-state index in [9.17, 15) is 8.42 Å². The summed E-state index contributed by atoms with van der Waals surface area (Å²) < 4.78 is 31.2. The molecule has 1 atom stereocenters. The Morgan fingerprint density at radius 3 is 3.06 bits per heavy atom. The molecule has 1 saturated heterocycles. The van der Waals surface area contributed by atoms with Gasteiger partial charge in [0.15, 0.2) is 0 Å². The van der Waals surface area contributed by atoms with E-state index < -0.39 is 10.0 Å². The molecular weight excluding hydrogens is 252 g/mol. The zero-order chi connectivity index (χ0) is 13.0. The number of nitrogens with zero attached hydrogens (tertiary/aromatic N) is 2. The summed E-state index contributed by atoms with van der Waals surface area (Å²) in [6, 6.07) is 5.38. The summed E-state index contributed by atoms with van der Waals surface area (Å²) in [5.74, 6) is 0.744. The van der Waals surface area contributed by atoms with Crippen molar-refractivity contribution in [3.63, 3.8) is 0 Å². The summed E-state index contributed by atoms with van der Waals surface area (Å²) in [6.45, 7) is 0.542. The van der Waals surface area contributed by atoms with Gasteiger partial charge in [-0.3, -0.25) is 0 Å². The fourth-order valence-electron chi connectivity index (χ4n) is 2.29. The van der Waals surface area contributed by atoms with Crippen molar-refractivity contribution >= 4 is 10.0 Å². The van der Waals surface area contributed by atoms with Gasteiger partial charge < -0.3 is 4.42 Å². The number of nitriles is 1. The van der Waals surface area contributed by atoms with Crippen LogP contribution >= 0.6 is 0 Å². The Hall–Kier alpha value is -1.32. The van der Waals surface area contributed by atoms with Crippen LogP contribution < -0.4 is 0 Å². The van der Waals surface area contributed by atoms with Gasteiger partial charge in [-0.2, -0.15) is 9.57 Å². The van der Waals surface area contributed by atoms with Gasteiger partial charge in [0, 0.05) is 13.0 Å². The van der Waals surface area contributed by atoms with E-state index in [1.165, 1.54) is 4.31 Å². The van der Waals surface area contributed by atoms with Crippen LogP contribution in [0.5, 0.6) is 0 Å². The molecule has 1 unspecified atom stereocenters. The fourth-order valence-corrected chi connectivity index (χ4v) is 4.04. The predicted molar refractivity (Wildman–Crippen MR) is 66.0 cm³/mol. The lowest BCUT2D eigenvalue weighted by Gasteiger charge is -2.22. The highest BCUT2D eigenvalue weighted by Crippen LogP contribution is 2.34. The van der Waals surface area contributed by atoms with E-state index in [4.69, 9.17) is 9.68 Å². The van der Waals surface area contributed by atoms with E-state index in [1.54, 1.807) is 12.3 Å². The third-order valence-corrected chi connectivity index (χ3v) is 5.08. The largest absolute Gasteiger partial charge is 0.468 e. The first-order valence-corrected chi connectivity index (χ1v) is 7.66. The summed E-state index contributed by atoms with van der Waals surface area (Å²) in [6.07, 6.45) is 3.88. The third kappa shape index (κ3) is 2.74. The molecular formula is C12H16N2O3S. The van der Waals surface area contributed by atoms with E-state index in [1.807, 2.05) is 12.1 Å². The van der Waals surface area contributed by atoms with Crippen LogP contribution in [0.3, 0.4) is 0 Å². The SMILES string of the molecule is N#CCCCS(=O)(=O)N1CCCC1c1ccco1. The van der Waals surface area contributed by atoms with Crippen LogP contribution in [0.15, 0.2) is 22.8 Å². The highest BCUT2D eigenvalue weighted by atomic mass is 32.2. The van der Waals surface area contributed by atoms with Gasteiger partial charge in [0.25, 0.3) is 0 Å². The molecule has 1 fully saturated rings. The second kappa shape index (κ2) is 5.55. The zero-order valence-electron chi connectivity index (χ0n) is 10.1. The Morgan fingerprint density at radius 2 is 2.39 bits per heavy atom. The highest BCUT2D eigenvalue weighted by molar-refractivity contribution is 7.89. The molecule has 1 aromatic rings. The Labute approximate surface area is 107 Å². The molecule has 0 spiro atoms. The second-order valence-corrected chi connectivity index (χ2v) is 6.40. The molecule has 1 aromatic heterocycles. The van der Waals surface area contributed by atoms with Crippen LogP contribution in [-0.2, 0) is 10.0 Å². The summed E-state index contributed by atoms with van der Waals surface area (Å²) in [5, 5.41) is 8.46. The Bertz CT molecular complexity index is 516. The van der Waals surface area contributed by atoms with E-state index in [0.717, 1.165) is 12.8 Å². The predicted octanol–water partition coefficient (Wildman–Crippen LogP) is 2.05. The van der Waals surface area contributed by atoms with Crippen LogP contribution in [0.4, 0.5) is 0 Å². The summed E-state index contributed by atoms with van der Waals surface area (Å²) in [4.78, 5) is 0. The van der Waals surface area contributed by atoms with Gasteiger partial charge in [-0.05, 0) is 31.4 Å². The fraction of sp³-hybridized carbons (Fsp3) is 0.583. The monoisotopic (exact) mass is 268 g/mol. The number of unbranched alkanes of at least 4 members (excludes halogenated alkanes) is 1. The molecule has 0 amide bonds. The molecule has 5 nitrogen and oxygen atoms in total. The smallest absolute Gasteiger partial charge is 0.214 e. The second-order valence-electron chi connectivity index (χ2n) is 4.36. The third-order valence-electron chi connectivity index (χ3n) is 3.12. The summed E-state index contributed by atoms with van der Waals surface area (Å²) in [5.41, 5.74) is 0. The first kappa shape index (κ1) is 13.1. The van der Waals surface area contributed by atoms with Gasteiger partial charge in [-0.25, -0.2) is 8.42 Å². The molecule has 0 N–H and O–H groups in total. The minimum absolute atomic E-state index is 0.0395. The van der Waals surface area contributed by atoms with E-state index in [-0.39, 0.29) is 18.2 Å². The van der Waals surface area contributed by atoms with Crippen LogP contribution in [0.2, 0.25) is 0 Å². The molecule has 1 aliphatic rings. The molecule has 98 valence electrons. The van der Waals surface area contributed by atoms with Crippen molar-refractivity contribution in [2.24, 2.45) is 0 Å². The topological polar surface area (TPSA) is 74.3 Å². The maximum Gasteiger partial charge on any atom is 0.214 e. The Kier molecular flexibility index (Phi) is 4.04. The maximum absolute atomic E-state index is 12.2. The van der Waals surface area contributed by atoms with Crippen LogP contribution in [0.25, 0.3) is 0 Å². The van der Waals surface area contributed by atoms with E-state index in [0.29, 0.717) is 18.7 Å². The average molecular weight is 268 g/mol. The highest BCUT2D eigenvalue weighted by Gasteiger charge is 2.36. The molecule has 0 aliphatic carbocycles. The first-order valence-electron chi connectivity index (χ1n) is 6.05. The van der Waals surface area contributed by atoms with Gasteiger partial charge in [0.2, 0.25) is 10.0 Å². The molecule has 2 rings (SSSR count). The number of furan rings is 1. The van der Waals surface area contributed by atoms with Crippen molar-refractivity contribution in [2.75, 3.05) is 12.3 Å². The number of rotatable bonds is 5. The van der Waals surface area contributed by atoms with Crippen molar-refractivity contribution in [3.8, 4) is 6.07 Å². The van der Waals surface area contributed by atoms with E-state index >= 15 is 0 Å². The van der Waals surface area contributed by atoms with Crippen LogP contribution in [0.1, 0.15) is 37.5 Å². The summed E-state index contributed by atoms with van der Waals surface area (Å²) in [7, 11) is -3.29. The molecule has 18 heavy (non-hydrogen) atoms. The summed E-state index contributed by atoms with van der Waals surface area (Å²) >= 11 is 0. The minimum Gasteiger partial charge on any atom is -0.468 e. The van der Waals surface area contributed by atoms with Gasteiger partial charge in [0.05, 0.1) is 24.1 Å². The maximum atomic E-state index is 12.2. The first-order chi connectivity index (χ1) is 8.65. The number of hydrogen-bond donors (Lipinski definition) is 0. The van der Waals surface area contributed by atoms with Gasteiger partial charge in [-0.15, -0.1) is 0 Å². The zero-order valence-corrected chi connectivity index (χ0v) is 10.9. The number of sulfonamides is 1. The minimum atomic E-state index is -3.29. The van der Waals surface area contributed by atoms with Crippen molar-refractivity contribution < 1.29 is 12.8 Å².